The van der Waals surface area contributed by atoms with Gasteiger partial charge in [-0.25, -0.2) is 4.68 Å². The first kappa shape index (κ1) is 18.1. The van der Waals surface area contributed by atoms with Crippen molar-refractivity contribution in [3.05, 3.63) is 28.2 Å². The van der Waals surface area contributed by atoms with Crippen LogP contribution in [0, 0.1) is 0 Å². The third kappa shape index (κ3) is 4.29. The summed E-state index contributed by atoms with van der Waals surface area (Å²) >= 11 is 0. The molecule has 2 saturated heterocycles. The first-order valence-corrected chi connectivity index (χ1v) is 9.45. The van der Waals surface area contributed by atoms with Crippen LogP contribution in [-0.4, -0.2) is 57.7 Å². The molecule has 3 rings (SSSR count). The second kappa shape index (κ2) is 7.28. The van der Waals surface area contributed by atoms with Crippen molar-refractivity contribution in [1.82, 2.24) is 19.6 Å². The number of nitrogens with zero attached hydrogens (tertiary/aromatic N) is 4. The second-order valence-electron chi connectivity index (χ2n) is 8.31. The minimum absolute atomic E-state index is 0.0328. The Hall–Kier alpha value is -1.69. The molecule has 6 nitrogen and oxygen atoms in total. The van der Waals surface area contributed by atoms with Gasteiger partial charge in [0.25, 0.3) is 5.56 Å². The molecule has 2 fully saturated rings. The molecule has 0 saturated carbocycles. The van der Waals surface area contributed by atoms with Gasteiger partial charge < -0.3 is 4.90 Å². The van der Waals surface area contributed by atoms with Crippen LogP contribution in [0.15, 0.2) is 16.9 Å². The van der Waals surface area contributed by atoms with E-state index in [4.69, 9.17) is 0 Å². The zero-order valence-corrected chi connectivity index (χ0v) is 15.7. The summed E-state index contributed by atoms with van der Waals surface area (Å²) < 4.78 is 1.63. The molecule has 0 radical (unpaired) electrons. The summed E-state index contributed by atoms with van der Waals surface area (Å²) in [6.07, 6.45) is 3.91. The van der Waals surface area contributed by atoms with Crippen molar-refractivity contribution in [2.24, 2.45) is 0 Å². The van der Waals surface area contributed by atoms with E-state index in [1.165, 1.54) is 0 Å². The van der Waals surface area contributed by atoms with Crippen LogP contribution < -0.4 is 5.56 Å². The number of hydrogen-bond acceptors (Lipinski definition) is 4. The average molecular weight is 346 g/mol. The molecule has 2 aliphatic rings. The van der Waals surface area contributed by atoms with Crippen molar-refractivity contribution in [2.45, 2.75) is 64.5 Å². The van der Waals surface area contributed by atoms with Crippen molar-refractivity contribution in [1.29, 1.82) is 0 Å². The number of likely N-dealkylation sites (tertiary alicyclic amines) is 2. The van der Waals surface area contributed by atoms with Crippen LogP contribution in [0.1, 0.15) is 52.1 Å². The van der Waals surface area contributed by atoms with Crippen LogP contribution in [0.25, 0.3) is 0 Å². The molecule has 0 N–H and O–H groups in total. The molecule has 6 heteroatoms. The highest BCUT2D eigenvalue weighted by Gasteiger charge is 2.28. The Balaban J connectivity index is 1.65. The van der Waals surface area contributed by atoms with E-state index in [9.17, 15) is 9.59 Å². The quantitative estimate of drug-likeness (QED) is 0.813. The fraction of sp³-hybridized carbons (Fsp3) is 0.737. The van der Waals surface area contributed by atoms with Crippen LogP contribution in [0.2, 0.25) is 0 Å². The van der Waals surface area contributed by atoms with E-state index in [0.717, 1.165) is 51.1 Å². The summed E-state index contributed by atoms with van der Waals surface area (Å²) in [7, 11) is 0. The molecule has 1 amide bonds. The van der Waals surface area contributed by atoms with Crippen molar-refractivity contribution in [2.75, 3.05) is 26.2 Å². The minimum Gasteiger partial charge on any atom is -0.341 e. The Bertz CT molecular complexity index is 677. The van der Waals surface area contributed by atoms with Crippen LogP contribution >= 0.6 is 0 Å². The Kier molecular flexibility index (Phi) is 5.27. The lowest BCUT2D eigenvalue weighted by molar-refractivity contribution is -0.127. The normalized spacial score (nSPS) is 22.1. The van der Waals surface area contributed by atoms with Gasteiger partial charge in [-0.1, -0.05) is 20.8 Å². The maximum atomic E-state index is 12.2. The zero-order valence-electron chi connectivity index (χ0n) is 15.7. The average Bonchev–Trinajstić information content (AvgIpc) is 3.15. The highest BCUT2D eigenvalue weighted by molar-refractivity contribution is 5.78. The molecule has 0 aromatic carbocycles. The summed E-state index contributed by atoms with van der Waals surface area (Å²) in [5.74, 6) is 0.284. The fourth-order valence-electron chi connectivity index (χ4n) is 3.77. The first-order chi connectivity index (χ1) is 11.8. The minimum atomic E-state index is -0.0685. The van der Waals surface area contributed by atoms with Gasteiger partial charge in [-0.2, -0.15) is 5.10 Å². The molecule has 0 bridgehead atoms. The standard InChI is InChI=1S/C19H30N4O2/c1-19(2,3)16-8-9-18(25)23(20-16)14-15-6-4-10-21(15)12-13-22-11-5-7-17(22)24/h8-9,15H,4-7,10-14H2,1-3H3. The molecule has 0 aliphatic carbocycles. The zero-order chi connectivity index (χ0) is 18.0. The number of amides is 1. The van der Waals surface area contributed by atoms with E-state index in [1.807, 2.05) is 11.0 Å². The molecule has 1 aromatic rings. The Morgan fingerprint density at radius 2 is 1.92 bits per heavy atom. The molecule has 3 heterocycles. The van der Waals surface area contributed by atoms with Gasteiger partial charge in [0, 0.05) is 43.6 Å². The monoisotopic (exact) mass is 346 g/mol. The smallest absolute Gasteiger partial charge is 0.266 e. The summed E-state index contributed by atoms with van der Waals surface area (Å²) in [4.78, 5) is 28.4. The molecule has 138 valence electrons. The number of hydrogen-bond donors (Lipinski definition) is 0. The molecule has 0 spiro atoms. The topological polar surface area (TPSA) is 58.4 Å². The van der Waals surface area contributed by atoms with Crippen molar-refractivity contribution < 1.29 is 4.79 Å². The van der Waals surface area contributed by atoms with Crippen molar-refractivity contribution in [3.8, 4) is 0 Å². The predicted octanol–water partition coefficient (Wildman–Crippen LogP) is 1.63. The molecule has 2 aliphatic heterocycles. The molecular formula is C19H30N4O2. The van der Waals surface area contributed by atoms with Crippen LogP contribution in [0.4, 0.5) is 0 Å². The van der Waals surface area contributed by atoms with Crippen molar-refractivity contribution in [3.63, 3.8) is 0 Å². The summed E-state index contributed by atoms with van der Waals surface area (Å²) in [6.45, 7) is 10.6. The second-order valence-corrected chi connectivity index (χ2v) is 8.31. The Morgan fingerprint density at radius 3 is 2.60 bits per heavy atom. The molecule has 1 aromatic heterocycles. The third-order valence-corrected chi connectivity index (χ3v) is 5.35. The highest BCUT2D eigenvalue weighted by atomic mass is 16.2. The maximum absolute atomic E-state index is 12.2. The van der Waals surface area contributed by atoms with Gasteiger partial charge in [0.15, 0.2) is 0 Å². The van der Waals surface area contributed by atoms with E-state index >= 15 is 0 Å². The van der Waals surface area contributed by atoms with E-state index in [-0.39, 0.29) is 16.9 Å². The van der Waals surface area contributed by atoms with Gasteiger partial charge in [-0.3, -0.25) is 14.5 Å². The Labute approximate surface area is 149 Å². The number of carbonyl (C=O) groups excluding carboxylic acids is 1. The van der Waals surface area contributed by atoms with E-state index in [0.29, 0.717) is 19.0 Å². The van der Waals surface area contributed by atoms with Gasteiger partial charge in [0.2, 0.25) is 5.91 Å². The van der Waals surface area contributed by atoms with Crippen LogP contribution in [0.3, 0.4) is 0 Å². The number of aromatic nitrogens is 2. The van der Waals surface area contributed by atoms with Gasteiger partial charge in [-0.15, -0.1) is 0 Å². The fourth-order valence-corrected chi connectivity index (χ4v) is 3.77. The first-order valence-electron chi connectivity index (χ1n) is 9.45. The van der Waals surface area contributed by atoms with E-state index in [1.54, 1.807) is 10.7 Å². The van der Waals surface area contributed by atoms with Crippen molar-refractivity contribution >= 4 is 5.91 Å². The van der Waals surface area contributed by atoms with Crippen LogP contribution in [0.5, 0.6) is 0 Å². The molecule has 1 unspecified atom stereocenters. The number of carbonyl (C=O) groups is 1. The maximum Gasteiger partial charge on any atom is 0.266 e. The summed E-state index contributed by atoms with van der Waals surface area (Å²) in [5.41, 5.74) is 0.842. The summed E-state index contributed by atoms with van der Waals surface area (Å²) in [6, 6.07) is 3.80. The van der Waals surface area contributed by atoms with E-state index < -0.39 is 0 Å². The van der Waals surface area contributed by atoms with Gasteiger partial charge in [0.05, 0.1) is 12.2 Å². The molecular weight excluding hydrogens is 316 g/mol. The predicted molar refractivity (Wildman–Crippen MR) is 97.6 cm³/mol. The highest BCUT2D eigenvalue weighted by Crippen LogP contribution is 2.21. The third-order valence-electron chi connectivity index (χ3n) is 5.35. The number of rotatable bonds is 5. The van der Waals surface area contributed by atoms with E-state index in [2.05, 4.69) is 30.8 Å². The molecule has 1 atom stereocenters. The Morgan fingerprint density at radius 1 is 1.12 bits per heavy atom. The van der Waals surface area contributed by atoms with Crippen LogP contribution in [-0.2, 0) is 16.8 Å². The SMILES string of the molecule is CC(C)(C)c1ccc(=O)n(CC2CCCN2CCN2CCCC2=O)n1. The summed E-state index contributed by atoms with van der Waals surface area (Å²) in [5, 5.41) is 4.60. The van der Waals surface area contributed by atoms with Gasteiger partial charge in [0.1, 0.15) is 0 Å². The lowest BCUT2D eigenvalue weighted by Crippen LogP contribution is -2.41. The molecule has 25 heavy (non-hydrogen) atoms. The van der Waals surface area contributed by atoms with Gasteiger partial charge >= 0.3 is 0 Å². The lowest BCUT2D eigenvalue weighted by Gasteiger charge is -2.27. The lowest BCUT2D eigenvalue weighted by atomic mass is 9.92. The van der Waals surface area contributed by atoms with Gasteiger partial charge in [-0.05, 0) is 31.9 Å². The largest absolute Gasteiger partial charge is 0.341 e.